The number of methoxy groups -OCH3 is 1. The van der Waals surface area contributed by atoms with E-state index in [0.717, 1.165) is 16.0 Å². The van der Waals surface area contributed by atoms with Crippen LogP contribution in [0.25, 0.3) is 10.2 Å². The number of rotatable bonds is 9. The second kappa shape index (κ2) is 11.1. The summed E-state index contributed by atoms with van der Waals surface area (Å²) >= 11 is 1.37. The quantitative estimate of drug-likeness (QED) is 0.302. The number of pyridine rings is 1. The van der Waals surface area contributed by atoms with E-state index in [2.05, 4.69) is 4.98 Å². The Bertz CT molecular complexity index is 1520. The van der Waals surface area contributed by atoms with Crippen LogP contribution in [-0.4, -0.2) is 54.9 Å². The lowest BCUT2D eigenvalue weighted by Crippen LogP contribution is -2.47. The summed E-state index contributed by atoms with van der Waals surface area (Å²) in [6.07, 6.45) is 2.67. The van der Waals surface area contributed by atoms with Gasteiger partial charge >= 0.3 is 0 Å². The lowest BCUT2D eigenvalue weighted by Gasteiger charge is -2.28. The summed E-state index contributed by atoms with van der Waals surface area (Å²) in [7, 11) is -2.38. The van der Waals surface area contributed by atoms with Gasteiger partial charge in [0.2, 0.25) is 15.9 Å². The number of thiazole rings is 1. The zero-order valence-corrected chi connectivity index (χ0v) is 22.7. The number of benzene rings is 2. The molecule has 0 N–H and O–H groups in total. The summed E-state index contributed by atoms with van der Waals surface area (Å²) in [5.74, 6) is 0.961. The first-order valence-electron chi connectivity index (χ1n) is 12.3. The van der Waals surface area contributed by atoms with Gasteiger partial charge in [-0.3, -0.25) is 14.7 Å². The molecular weight excluding hydrogens is 524 g/mol. The minimum Gasteiger partial charge on any atom is -0.497 e. The van der Waals surface area contributed by atoms with E-state index >= 15 is 0 Å². The molecule has 9 nitrogen and oxygen atoms in total. The third-order valence-electron chi connectivity index (χ3n) is 6.36. The van der Waals surface area contributed by atoms with Crippen LogP contribution in [0, 0.1) is 0 Å². The van der Waals surface area contributed by atoms with Crippen molar-refractivity contribution in [2.45, 2.75) is 37.2 Å². The van der Waals surface area contributed by atoms with Crippen molar-refractivity contribution in [1.82, 2.24) is 14.3 Å². The minimum absolute atomic E-state index is 0.123. The number of carbonyl (C=O) groups excluding carboxylic acids is 1. The topological polar surface area (TPSA) is 102 Å². The second-order valence-electron chi connectivity index (χ2n) is 8.75. The summed E-state index contributed by atoms with van der Waals surface area (Å²) in [5, 5.41) is 0.484. The number of carbonyl (C=O) groups is 1. The molecule has 0 bridgehead atoms. The van der Waals surface area contributed by atoms with Crippen molar-refractivity contribution < 1.29 is 22.7 Å². The van der Waals surface area contributed by atoms with Crippen LogP contribution in [0.5, 0.6) is 11.5 Å². The molecule has 2 aromatic heterocycles. The molecule has 1 atom stereocenters. The zero-order valence-electron chi connectivity index (χ0n) is 21.1. The van der Waals surface area contributed by atoms with Gasteiger partial charge in [0, 0.05) is 12.7 Å². The van der Waals surface area contributed by atoms with Gasteiger partial charge in [-0.05, 0) is 74.4 Å². The number of amides is 1. The third kappa shape index (κ3) is 5.22. The van der Waals surface area contributed by atoms with Crippen LogP contribution in [-0.2, 0) is 21.4 Å². The number of nitrogens with zero attached hydrogens (tertiary/aromatic N) is 4. The molecule has 0 aliphatic carbocycles. The summed E-state index contributed by atoms with van der Waals surface area (Å²) in [6, 6.07) is 16.5. The number of hydrogen-bond acceptors (Lipinski definition) is 8. The molecule has 0 radical (unpaired) electrons. The van der Waals surface area contributed by atoms with Crippen molar-refractivity contribution in [3.63, 3.8) is 0 Å². The largest absolute Gasteiger partial charge is 0.497 e. The van der Waals surface area contributed by atoms with E-state index in [1.807, 2.05) is 43.3 Å². The molecule has 4 aromatic rings. The van der Waals surface area contributed by atoms with E-state index < -0.39 is 16.1 Å². The number of hydrogen-bond donors (Lipinski definition) is 0. The first-order chi connectivity index (χ1) is 18.4. The first-order valence-corrected chi connectivity index (χ1v) is 14.6. The minimum atomic E-state index is -3.90. The Labute approximate surface area is 225 Å². The summed E-state index contributed by atoms with van der Waals surface area (Å²) in [6.45, 7) is 2.90. The number of fused-ring (bicyclic) bond motifs is 1. The Morgan fingerprint density at radius 3 is 2.63 bits per heavy atom. The van der Waals surface area contributed by atoms with Crippen molar-refractivity contribution in [3.05, 3.63) is 72.6 Å². The number of aromatic nitrogens is 2. The average molecular weight is 553 g/mol. The molecule has 3 heterocycles. The van der Waals surface area contributed by atoms with Gasteiger partial charge in [-0.1, -0.05) is 17.4 Å². The molecule has 0 saturated carbocycles. The Kier molecular flexibility index (Phi) is 7.59. The van der Waals surface area contributed by atoms with Crippen molar-refractivity contribution in [2.75, 3.05) is 25.2 Å². The van der Waals surface area contributed by atoms with Crippen LogP contribution in [0.2, 0.25) is 0 Å². The van der Waals surface area contributed by atoms with Gasteiger partial charge in [0.15, 0.2) is 5.13 Å². The van der Waals surface area contributed by atoms with Crippen molar-refractivity contribution >= 4 is 42.6 Å². The van der Waals surface area contributed by atoms with Crippen LogP contribution in [0.4, 0.5) is 5.13 Å². The second-order valence-corrected chi connectivity index (χ2v) is 11.7. The molecular formula is C27H28N4O5S2. The van der Waals surface area contributed by atoms with Gasteiger partial charge in [-0.25, -0.2) is 13.4 Å². The summed E-state index contributed by atoms with van der Waals surface area (Å²) < 4.78 is 40.1. The van der Waals surface area contributed by atoms with E-state index in [4.69, 9.17) is 14.5 Å². The molecule has 38 heavy (non-hydrogen) atoms. The Hall–Kier alpha value is -3.54. The van der Waals surface area contributed by atoms with Crippen LogP contribution < -0.4 is 14.4 Å². The highest BCUT2D eigenvalue weighted by molar-refractivity contribution is 7.89. The number of anilines is 1. The molecule has 1 unspecified atom stereocenters. The highest BCUT2D eigenvalue weighted by Crippen LogP contribution is 2.35. The van der Waals surface area contributed by atoms with Gasteiger partial charge in [0.25, 0.3) is 0 Å². The maximum absolute atomic E-state index is 14.1. The van der Waals surface area contributed by atoms with Gasteiger partial charge in [0.1, 0.15) is 17.5 Å². The Morgan fingerprint density at radius 1 is 1.13 bits per heavy atom. The molecule has 2 aromatic carbocycles. The maximum atomic E-state index is 14.1. The Morgan fingerprint density at radius 2 is 1.92 bits per heavy atom. The van der Waals surface area contributed by atoms with Gasteiger partial charge in [0.05, 0.1) is 41.1 Å². The SMILES string of the molecule is CCOc1ccc2nc(N(Cc3ccccn3)C(=O)C3CCCN3S(=O)(=O)c3ccc(OC)cc3)sc2c1. The zero-order chi connectivity index (χ0) is 26.7. The van der Waals surface area contributed by atoms with Gasteiger partial charge < -0.3 is 9.47 Å². The summed E-state index contributed by atoms with van der Waals surface area (Å²) in [4.78, 5) is 24.9. The monoisotopic (exact) mass is 552 g/mol. The standard InChI is InChI=1S/C27H28N4O5S2/c1-3-36-21-11-14-23-25(17-21)37-27(29-23)30(18-19-7-4-5-15-28-19)26(32)24-8-6-16-31(24)38(33,34)22-12-9-20(35-2)10-13-22/h4-5,7,9-15,17,24H,3,6,8,16,18H2,1-2H3. The van der Waals surface area contributed by atoms with Crippen LogP contribution in [0.15, 0.2) is 71.8 Å². The van der Waals surface area contributed by atoms with E-state index in [1.165, 1.54) is 34.9 Å². The molecule has 1 aliphatic rings. The fourth-order valence-electron chi connectivity index (χ4n) is 4.50. The van der Waals surface area contributed by atoms with Gasteiger partial charge in [-0.15, -0.1) is 0 Å². The fraction of sp³-hybridized carbons (Fsp3) is 0.296. The van der Waals surface area contributed by atoms with Crippen molar-refractivity contribution in [1.29, 1.82) is 0 Å². The van der Waals surface area contributed by atoms with Gasteiger partial charge in [-0.2, -0.15) is 4.31 Å². The average Bonchev–Trinajstić information content (AvgIpc) is 3.60. The molecule has 1 aliphatic heterocycles. The predicted octanol–water partition coefficient (Wildman–Crippen LogP) is 4.49. The molecule has 11 heteroatoms. The normalized spacial score (nSPS) is 16.0. The Balaban J connectivity index is 1.50. The van der Waals surface area contributed by atoms with Crippen LogP contribution in [0.3, 0.4) is 0 Å². The molecule has 1 saturated heterocycles. The highest BCUT2D eigenvalue weighted by Gasteiger charge is 2.42. The maximum Gasteiger partial charge on any atom is 0.247 e. The first kappa shape index (κ1) is 26.1. The van der Waals surface area contributed by atoms with Crippen molar-refractivity contribution in [2.24, 2.45) is 0 Å². The lowest BCUT2D eigenvalue weighted by atomic mass is 10.2. The van der Waals surface area contributed by atoms with Crippen LogP contribution >= 0.6 is 11.3 Å². The summed E-state index contributed by atoms with van der Waals surface area (Å²) in [5.41, 5.74) is 1.42. The van der Waals surface area contributed by atoms with E-state index in [-0.39, 0.29) is 23.9 Å². The smallest absolute Gasteiger partial charge is 0.247 e. The number of ether oxygens (including phenoxy) is 2. The lowest BCUT2D eigenvalue weighted by molar-refractivity contribution is -0.121. The van der Waals surface area contributed by atoms with Crippen LogP contribution in [0.1, 0.15) is 25.5 Å². The molecule has 0 spiro atoms. The predicted molar refractivity (Wildman–Crippen MR) is 146 cm³/mol. The molecule has 1 fully saturated rings. The van der Waals surface area contributed by atoms with E-state index in [1.54, 1.807) is 23.2 Å². The number of sulfonamides is 1. The van der Waals surface area contributed by atoms with E-state index in [0.29, 0.717) is 36.0 Å². The molecule has 1 amide bonds. The fourth-order valence-corrected chi connectivity index (χ4v) is 7.15. The third-order valence-corrected chi connectivity index (χ3v) is 9.32. The highest BCUT2D eigenvalue weighted by atomic mass is 32.2. The van der Waals surface area contributed by atoms with Crippen molar-refractivity contribution in [3.8, 4) is 11.5 Å². The molecule has 198 valence electrons. The van der Waals surface area contributed by atoms with E-state index in [9.17, 15) is 13.2 Å². The molecule has 5 rings (SSSR count).